The first-order valence-corrected chi connectivity index (χ1v) is 10.3. The number of nitrogens with zero attached hydrogens (tertiary/aromatic N) is 1. The summed E-state index contributed by atoms with van der Waals surface area (Å²) < 4.78 is 12.4. The molecule has 146 valence electrons. The fourth-order valence-corrected chi connectivity index (χ4v) is 3.59. The van der Waals surface area contributed by atoms with Crippen molar-refractivity contribution >= 4 is 21.8 Å². The fourth-order valence-electron chi connectivity index (χ4n) is 3.32. The number of nitrogens with one attached hydrogen (secondary N) is 1. The molecule has 0 radical (unpaired) electrons. The summed E-state index contributed by atoms with van der Waals surface area (Å²) in [7, 11) is 0. The van der Waals surface area contributed by atoms with Gasteiger partial charge >= 0.3 is 0 Å². The Balaban J connectivity index is 1.55. The van der Waals surface area contributed by atoms with E-state index in [4.69, 9.17) is 9.15 Å². The van der Waals surface area contributed by atoms with Crippen LogP contribution in [-0.4, -0.2) is 37.0 Å². The summed E-state index contributed by atoms with van der Waals surface area (Å²) in [6, 6.07) is 11.5. The van der Waals surface area contributed by atoms with Gasteiger partial charge in [0.15, 0.2) is 6.61 Å². The first-order valence-electron chi connectivity index (χ1n) is 9.46. The number of ether oxygens (including phenoxy) is 1. The van der Waals surface area contributed by atoms with Gasteiger partial charge in [0.25, 0.3) is 5.91 Å². The highest BCUT2D eigenvalue weighted by atomic mass is 79.9. The van der Waals surface area contributed by atoms with Crippen molar-refractivity contribution in [1.29, 1.82) is 0 Å². The lowest BCUT2D eigenvalue weighted by Gasteiger charge is -2.35. The van der Waals surface area contributed by atoms with Crippen molar-refractivity contribution in [3.63, 3.8) is 0 Å². The summed E-state index contributed by atoms with van der Waals surface area (Å²) in [4.78, 5) is 14.7. The lowest BCUT2D eigenvalue weighted by Crippen LogP contribution is -2.42. The third-order valence-electron chi connectivity index (χ3n) is 5.02. The third-order valence-corrected chi connectivity index (χ3v) is 5.55. The van der Waals surface area contributed by atoms with Crippen molar-refractivity contribution in [2.24, 2.45) is 5.92 Å². The van der Waals surface area contributed by atoms with Gasteiger partial charge in [-0.05, 0) is 75.2 Å². The molecular weight excluding hydrogens is 408 g/mol. The molecule has 5 nitrogen and oxygen atoms in total. The van der Waals surface area contributed by atoms with Crippen LogP contribution in [0.5, 0.6) is 5.75 Å². The van der Waals surface area contributed by atoms with Crippen molar-refractivity contribution in [2.45, 2.75) is 32.7 Å². The van der Waals surface area contributed by atoms with E-state index in [-0.39, 0.29) is 18.6 Å². The normalized spacial score (nSPS) is 16.9. The van der Waals surface area contributed by atoms with E-state index in [9.17, 15) is 4.79 Å². The van der Waals surface area contributed by atoms with Crippen molar-refractivity contribution in [2.75, 3.05) is 26.2 Å². The lowest BCUT2D eigenvalue weighted by atomic mass is 9.97. The standard InChI is InChI=1S/C21H27BrN2O3/c1-15-9-11-24(12-10-15)19(20-8-3-16(2)27-20)13-23-21(25)14-26-18-6-4-17(22)5-7-18/h3-8,15,19H,9-14H2,1-2H3,(H,23,25)/t19-/m1/s1. The van der Waals surface area contributed by atoms with Crippen LogP contribution in [-0.2, 0) is 4.79 Å². The maximum Gasteiger partial charge on any atom is 0.258 e. The summed E-state index contributed by atoms with van der Waals surface area (Å²) in [6.07, 6.45) is 2.35. The minimum absolute atomic E-state index is 0.00255. The molecular formula is C21H27BrN2O3. The van der Waals surface area contributed by atoms with E-state index in [0.717, 1.165) is 35.0 Å². The Morgan fingerprint density at radius 2 is 1.96 bits per heavy atom. The van der Waals surface area contributed by atoms with Crippen LogP contribution in [0, 0.1) is 12.8 Å². The molecule has 0 unspecified atom stereocenters. The average Bonchev–Trinajstić information content (AvgIpc) is 3.09. The number of benzene rings is 1. The van der Waals surface area contributed by atoms with Gasteiger partial charge in [0, 0.05) is 11.0 Å². The number of hydrogen-bond donors (Lipinski definition) is 1. The molecule has 1 aromatic heterocycles. The number of halogens is 1. The topological polar surface area (TPSA) is 54.7 Å². The lowest BCUT2D eigenvalue weighted by molar-refractivity contribution is -0.123. The van der Waals surface area contributed by atoms with Crippen molar-refractivity contribution < 1.29 is 13.9 Å². The number of furan rings is 1. The highest BCUT2D eigenvalue weighted by Crippen LogP contribution is 2.27. The van der Waals surface area contributed by atoms with Gasteiger partial charge in [-0.25, -0.2) is 0 Å². The van der Waals surface area contributed by atoms with Gasteiger partial charge in [0.05, 0.1) is 6.04 Å². The van der Waals surface area contributed by atoms with E-state index in [1.54, 1.807) is 0 Å². The molecule has 1 amide bonds. The highest BCUT2D eigenvalue weighted by molar-refractivity contribution is 9.10. The summed E-state index contributed by atoms with van der Waals surface area (Å²) >= 11 is 3.38. The molecule has 1 N–H and O–H groups in total. The number of carbonyl (C=O) groups is 1. The summed E-state index contributed by atoms with van der Waals surface area (Å²) in [5.74, 6) is 3.11. The molecule has 1 saturated heterocycles. The monoisotopic (exact) mass is 434 g/mol. The van der Waals surface area contributed by atoms with E-state index in [1.807, 2.05) is 43.3 Å². The molecule has 1 aromatic carbocycles. The van der Waals surface area contributed by atoms with Gasteiger partial charge in [-0.3, -0.25) is 9.69 Å². The first kappa shape index (κ1) is 20.0. The minimum Gasteiger partial charge on any atom is -0.484 e. The molecule has 1 fully saturated rings. The SMILES string of the molecule is Cc1ccc([C@@H](CNC(=O)COc2ccc(Br)cc2)N2CCC(C)CC2)o1. The zero-order valence-corrected chi connectivity index (χ0v) is 17.5. The molecule has 27 heavy (non-hydrogen) atoms. The molecule has 2 heterocycles. The highest BCUT2D eigenvalue weighted by Gasteiger charge is 2.27. The molecule has 3 rings (SSSR count). The number of aryl methyl sites for hydroxylation is 1. The summed E-state index contributed by atoms with van der Waals surface area (Å²) in [5.41, 5.74) is 0. The molecule has 0 aliphatic carbocycles. The molecule has 6 heteroatoms. The number of amides is 1. The van der Waals surface area contributed by atoms with E-state index in [0.29, 0.717) is 12.3 Å². The van der Waals surface area contributed by atoms with Crippen LogP contribution in [0.1, 0.15) is 37.3 Å². The Morgan fingerprint density at radius 3 is 2.59 bits per heavy atom. The van der Waals surface area contributed by atoms with Crippen LogP contribution >= 0.6 is 15.9 Å². The van der Waals surface area contributed by atoms with Gasteiger partial charge in [-0.1, -0.05) is 22.9 Å². The van der Waals surface area contributed by atoms with Crippen molar-refractivity contribution in [1.82, 2.24) is 10.2 Å². The quantitative estimate of drug-likeness (QED) is 0.704. The smallest absolute Gasteiger partial charge is 0.258 e. The number of rotatable bonds is 7. The van der Waals surface area contributed by atoms with E-state index in [2.05, 4.69) is 33.1 Å². The largest absolute Gasteiger partial charge is 0.484 e. The Bertz CT molecular complexity index is 736. The number of hydrogen-bond acceptors (Lipinski definition) is 4. The van der Waals surface area contributed by atoms with E-state index >= 15 is 0 Å². The van der Waals surface area contributed by atoms with Gasteiger partial charge in [-0.15, -0.1) is 0 Å². The van der Waals surface area contributed by atoms with E-state index < -0.39 is 0 Å². The second-order valence-corrected chi connectivity index (χ2v) is 8.15. The van der Waals surface area contributed by atoms with Crippen molar-refractivity contribution in [3.05, 3.63) is 52.4 Å². The number of carbonyl (C=O) groups excluding carboxylic acids is 1. The zero-order chi connectivity index (χ0) is 19.2. The molecule has 1 atom stereocenters. The number of likely N-dealkylation sites (tertiary alicyclic amines) is 1. The average molecular weight is 435 g/mol. The Hall–Kier alpha value is -1.79. The molecule has 0 spiro atoms. The Labute approximate surface area is 169 Å². The van der Waals surface area contributed by atoms with Gasteiger partial charge in [0.1, 0.15) is 17.3 Å². The minimum atomic E-state index is -0.128. The molecule has 1 aliphatic rings. The van der Waals surface area contributed by atoms with Gasteiger partial charge < -0.3 is 14.5 Å². The van der Waals surface area contributed by atoms with Crippen LogP contribution in [0.3, 0.4) is 0 Å². The summed E-state index contributed by atoms with van der Waals surface area (Å²) in [6.45, 7) is 6.81. The van der Waals surface area contributed by atoms with E-state index in [1.165, 1.54) is 12.8 Å². The second-order valence-electron chi connectivity index (χ2n) is 7.23. The maximum atomic E-state index is 12.3. The molecule has 0 bridgehead atoms. The van der Waals surface area contributed by atoms with Crippen molar-refractivity contribution in [3.8, 4) is 5.75 Å². The maximum absolute atomic E-state index is 12.3. The van der Waals surface area contributed by atoms with Crippen LogP contribution in [0.4, 0.5) is 0 Å². The van der Waals surface area contributed by atoms with Crippen LogP contribution < -0.4 is 10.1 Å². The van der Waals surface area contributed by atoms with Gasteiger partial charge in [-0.2, -0.15) is 0 Å². The second kappa shape index (κ2) is 9.42. The summed E-state index contributed by atoms with van der Waals surface area (Å²) in [5, 5.41) is 3.01. The Morgan fingerprint density at radius 1 is 1.26 bits per heavy atom. The van der Waals surface area contributed by atoms with Gasteiger partial charge in [0.2, 0.25) is 0 Å². The van der Waals surface area contributed by atoms with Crippen LogP contribution in [0.2, 0.25) is 0 Å². The fraction of sp³-hybridized carbons (Fsp3) is 0.476. The molecule has 0 saturated carbocycles. The van der Waals surface area contributed by atoms with Crippen LogP contribution in [0.25, 0.3) is 0 Å². The number of piperidine rings is 1. The Kier molecular flexibility index (Phi) is 6.96. The first-order chi connectivity index (χ1) is 13.0. The predicted molar refractivity (Wildman–Crippen MR) is 109 cm³/mol. The van der Waals surface area contributed by atoms with Crippen LogP contribution in [0.15, 0.2) is 45.3 Å². The zero-order valence-electron chi connectivity index (χ0n) is 15.9. The molecule has 2 aromatic rings. The predicted octanol–water partition coefficient (Wildman–Crippen LogP) is 4.32. The molecule has 1 aliphatic heterocycles. The third kappa shape index (κ3) is 5.84.